The van der Waals surface area contributed by atoms with Crippen molar-refractivity contribution in [3.05, 3.63) is 148 Å². The Hall–Kier alpha value is -14.4. The predicted molar refractivity (Wildman–Crippen MR) is 317 cm³/mol. The number of hydrogen-bond acceptors (Lipinski definition) is 37. The van der Waals surface area contributed by atoms with Crippen molar-refractivity contribution in [1.82, 2.24) is 0 Å². The zero-order chi connectivity index (χ0) is 73.2. The first kappa shape index (κ1) is 70.0. The fourth-order valence-electron chi connectivity index (χ4n) is 9.10. The smallest absolute Gasteiger partial charge is 0.343 e. The molecule has 1 saturated heterocycles. The second kappa shape index (κ2) is 27.9. The predicted octanol–water partition coefficient (Wildman–Crippen LogP) is 4.17. The number of ether oxygens (including phenoxy) is 10. The Morgan fingerprint density at radius 3 is 0.920 bits per heavy atom. The van der Waals surface area contributed by atoms with E-state index in [1.54, 1.807) is 0 Å². The fraction of sp³-hybridized carbons (Fsp3) is 0.111. The molecule has 1 fully saturated rings. The number of carbonyl (C=O) groups excluding carboxylic acids is 8. The van der Waals surface area contributed by atoms with Crippen LogP contribution in [0.1, 0.15) is 82.9 Å². The first-order valence-corrected chi connectivity index (χ1v) is 27.5. The van der Waals surface area contributed by atoms with Crippen LogP contribution in [0.5, 0.6) is 132 Å². The first-order valence-electron chi connectivity index (χ1n) is 27.5. The van der Waals surface area contributed by atoms with E-state index >= 15 is 0 Å². The summed E-state index contributed by atoms with van der Waals surface area (Å²) >= 11 is 0. The van der Waals surface area contributed by atoms with Crippen molar-refractivity contribution in [2.45, 2.75) is 30.7 Å². The third kappa shape index (κ3) is 14.8. The van der Waals surface area contributed by atoms with Crippen LogP contribution < -0.4 is 18.9 Å². The Kier molecular flexibility index (Phi) is 19.5. The minimum Gasteiger partial charge on any atom is -0.508 e. The van der Waals surface area contributed by atoms with E-state index in [1.807, 2.05) is 0 Å². The van der Waals surface area contributed by atoms with E-state index in [1.165, 1.54) is 0 Å². The van der Waals surface area contributed by atoms with Gasteiger partial charge in [-0.3, -0.25) is 0 Å². The topological polar surface area (TPSA) is 613 Å². The summed E-state index contributed by atoms with van der Waals surface area (Å²) in [6.45, 7) is -1.34. The summed E-state index contributed by atoms with van der Waals surface area (Å²) in [6, 6.07) is 10.2. The molecule has 5 atom stereocenters. The molecular weight excluding hydrogens is 1350 g/mol. The second-order valence-corrected chi connectivity index (χ2v) is 20.7. The molecule has 0 aliphatic carbocycles. The Morgan fingerprint density at radius 1 is 0.300 bits per heavy atom. The molecule has 0 radical (unpaired) electrons. The summed E-state index contributed by atoms with van der Waals surface area (Å²) in [4.78, 5) is 110. The molecule has 520 valence electrons. The molecule has 37 heteroatoms. The molecule has 0 spiro atoms. The van der Waals surface area contributed by atoms with E-state index in [0.29, 0.717) is 91.0 Å². The summed E-state index contributed by atoms with van der Waals surface area (Å²) in [5, 5.41) is 194. The summed E-state index contributed by atoms with van der Waals surface area (Å²) < 4.78 is 55.0. The minimum atomic E-state index is -2.60. The first-order chi connectivity index (χ1) is 47.1. The molecule has 37 nitrogen and oxygen atoms in total. The number of phenols is 19. The van der Waals surface area contributed by atoms with Gasteiger partial charge < -0.3 is 144 Å². The van der Waals surface area contributed by atoms with Crippen molar-refractivity contribution >= 4 is 47.8 Å². The SMILES string of the molecule is COC1C(OC(=O)c2cc(O)c(O)c(OC(=O)c3cc(O)c(O)c(O)c3)c2)C(COC(=O)c2cc(O)c(O)c(OC(=O)c3cc(O)c(O)c(O)c3)c2)OC(OC(=O)c2cc(O)c(O)c(OC(=O)c3cc(O)c(O)c(O)c3)c2)C1OC(=O)c1cc(O)cc(OC(=O)c2cc(O)c(O)c(O)c2)c1. The highest BCUT2D eigenvalue weighted by Crippen LogP contribution is 2.45. The maximum absolute atomic E-state index is 14.5. The Morgan fingerprint density at radius 2 is 0.580 bits per heavy atom. The molecular formula is C63H46O37. The van der Waals surface area contributed by atoms with Crippen molar-refractivity contribution in [2.24, 2.45) is 0 Å². The van der Waals surface area contributed by atoms with Gasteiger partial charge in [-0.1, -0.05) is 0 Å². The van der Waals surface area contributed by atoms with Gasteiger partial charge in [0.2, 0.25) is 23.5 Å². The van der Waals surface area contributed by atoms with Crippen LogP contribution in [0.3, 0.4) is 0 Å². The van der Waals surface area contributed by atoms with Crippen LogP contribution in [0.2, 0.25) is 0 Å². The van der Waals surface area contributed by atoms with Crippen molar-refractivity contribution in [1.29, 1.82) is 0 Å². The number of esters is 8. The lowest BCUT2D eigenvalue weighted by Crippen LogP contribution is -2.62. The van der Waals surface area contributed by atoms with Crippen molar-refractivity contribution in [3.8, 4) is 132 Å². The van der Waals surface area contributed by atoms with Gasteiger partial charge in [-0.25, -0.2) is 38.4 Å². The van der Waals surface area contributed by atoms with Crippen molar-refractivity contribution in [2.75, 3.05) is 13.7 Å². The third-order valence-corrected chi connectivity index (χ3v) is 14.0. The van der Waals surface area contributed by atoms with Crippen LogP contribution in [0, 0.1) is 0 Å². The van der Waals surface area contributed by atoms with Gasteiger partial charge in [0, 0.05) is 13.2 Å². The van der Waals surface area contributed by atoms with Gasteiger partial charge in [-0.05, 0) is 97.1 Å². The summed E-state index contributed by atoms with van der Waals surface area (Å²) in [5.74, 6) is -37.2. The fourth-order valence-corrected chi connectivity index (χ4v) is 9.10. The molecule has 8 aromatic rings. The van der Waals surface area contributed by atoms with Crippen molar-refractivity contribution < 1.29 is 183 Å². The van der Waals surface area contributed by atoms with Crippen LogP contribution in [0.15, 0.2) is 103 Å². The average Bonchev–Trinajstić information content (AvgIpc) is 0.775. The Labute approximate surface area is 553 Å². The van der Waals surface area contributed by atoms with E-state index in [4.69, 9.17) is 47.4 Å². The number of hydrogen-bond donors (Lipinski definition) is 19. The molecule has 8 aromatic carbocycles. The molecule has 19 N–H and O–H groups in total. The quantitative estimate of drug-likeness (QED) is 0.0248. The molecule has 0 saturated carbocycles. The van der Waals surface area contributed by atoms with E-state index in [-0.39, 0.29) is 0 Å². The van der Waals surface area contributed by atoms with Crippen molar-refractivity contribution in [3.63, 3.8) is 0 Å². The number of rotatable bonds is 18. The molecule has 5 unspecified atom stereocenters. The molecule has 100 heavy (non-hydrogen) atoms. The molecule has 9 rings (SSSR count). The van der Waals surface area contributed by atoms with Crippen LogP contribution in [-0.2, 0) is 28.4 Å². The number of methoxy groups -OCH3 is 1. The number of carbonyl (C=O) groups is 8. The van der Waals surface area contributed by atoms with Crippen LogP contribution in [0.4, 0.5) is 0 Å². The molecule has 0 bridgehead atoms. The van der Waals surface area contributed by atoms with Gasteiger partial charge in [0.15, 0.2) is 116 Å². The monoisotopic (exact) mass is 1390 g/mol. The molecule has 1 aliphatic heterocycles. The molecule has 0 aromatic heterocycles. The van der Waals surface area contributed by atoms with E-state index in [2.05, 4.69) is 0 Å². The highest BCUT2D eigenvalue weighted by molar-refractivity contribution is 5.98. The van der Waals surface area contributed by atoms with Crippen LogP contribution in [-0.4, -0.2) is 189 Å². The number of benzene rings is 8. The summed E-state index contributed by atoms with van der Waals surface area (Å²) in [6.07, 6.45) is -11.9. The van der Waals surface area contributed by atoms with Gasteiger partial charge in [0.25, 0.3) is 0 Å². The highest BCUT2D eigenvalue weighted by Gasteiger charge is 2.53. The van der Waals surface area contributed by atoms with Gasteiger partial charge in [0.05, 0.1) is 44.5 Å². The van der Waals surface area contributed by atoms with Gasteiger partial charge >= 0.3 is 47.8 Å². The third-order valence-electron chi connectivity index (χ3n) is 14.0. The normalized spacial score (nSPS) is 15.5. The van der Waals surface area contributed by atoms with E-state index in [9.17, 15) is 135 Å². The second-order valence-electron chi connectivity index (χ2n) is 20.7. The standard InChI is InChI=1S/C63H46O37/c1-91-53-52(98-61(89)26-13-39(74)50(81)42(16-26)95-58(86)23-8-34(69)47(78)35(70)9-23)44(19-92-55(83)25-12-38(73)49(80)41(15-25)94-57(85)22-6-32(67)46(77)33(68)7-22)97-63(100-62(90)27-14-40(75)51(82)43(17-27)96-59(87)24-10-36(71)48(79)37(72)11-24)54(53)99-60(88)20-2-28(64)18-29(3-20)93-56(84)21-4-30(65)45(76)31(66)5-21/h2-18,44,52-54,63-82H,19H2,1H3. The van der Waals surface area contributed by atoms with Gasteiger partial charge in [-0.15, -0.1) is 0 Å². The van der Waals surface area contributed by atoms with E-state index in [0.717, 1.165) is 19.2 Å². The van der Waals surface area contributed by atoms with Crippen LogP contribution in [0.25, 0.3) is 0 Å². The van der Waals surface area contributed by atoms with Crippen LogP contribution >= 0.6 is 0 Å². The Bertz CT molecular complexity index is 4620. The zero-order valence-electron chi connectivity index (χ0n) is 49.8. The summed E-state index contributed by atoms with van der Waals surface area (Å²) in [7, 11) is 0.808. The zero-order valence-corrected chi connectivity index (χ0v) is 49.8. The number of aromatic hydroxyl groups is 19. The molecule has 1 heterocycles. The lowest BCUT2D eigenvalue weighted by Gasteiger charge is -2.43. The van der Waals surface area contributed by atoms with E-state index < -0.39 is 262 Å². The highest BCUT2D eigenvalue weighted by atomic mass is 16.7. The number of phenolic OH excluding ortho intramolecular Hbond substituents is 19. The minimum absolute atomic E-state index is 0.485. The Balaban J connectivity index is 1.11. The largest absolute Gasteiger partial charge is 0.508 e. The summed E-state index contributed by atoms with van der Waals surface area (Å²) in [5.41, 5.74) is -6.14. The average molecular weight is 1400 g/mol. The lowest BCUT2D eigenvalue weighted by molar-refractivity contribution is -0.287. The maximum atomic E-state index is 14.5. The molecule has 0 amide bonds. The maximum Gasteiger partial charge on any atom is 0.343 e. The van der Waals surface area contributed by atoms with Gasteiger partial charge in [-0.2, -0.15) is 0 Å². The molecule has 1 aliphatic rings. The lowest BCUT2D eigenvalue weighted by atomic mass is 9.97. The van der Waals surface area contributed by atoms with Gasteiger partial charge in [0.1, 0.15) is 30.3 Å².